The average molecular weight is 319 g/mol. The Morgan fingerprint density at radius 2 is 2.17 bits per heavy atom. The largest absolute Gasteiger partial charge is 0.331 e. The fourth-order valence-electron chi connectivity index (χ4n) is 3.77. The van der Waals surface area contributed by atoms with Gasteiger partial charge in [0.1, 0.15) is 0 Å². The molecular formula is C17H29N5O. The van der Waals surface area contributed by atoms with E-state index in [1.54, 1.807) is 0 Å². The van der Waals surface area contributed by atoms with Gasteiger partial charge in [-0.05, 0) is 45.2 Å². The van der Waals surface area contributed by atoms with Gasteiger partial charge in [-0.15, -0.1) is 0 Å². The molecule has 1 aromatic rings. The standard InChI is InChI=1S/C17H29N5O/c1-3-8-21-9-5-10-22(12-11-21)17(23)18-15-6-4-7-16-14(15)13-20(2)19-16/h13,15H,3-12H2,1-2H3,(H,18,23)/t15-/m0/s1. The first-order valence-electron chi connectivity index (χ1n) is 8.97. The predicted octanol–water partition coefficient (Wildman–Crippen LogP) is 1.92. The van der Waals surface area contributed by atoms with E-state index in [-0.39, 0.29) is 12.1 Å². The number of hydrogen-bond acceptors (Lipinski definition) is 3. The van der Waals surface area contributed by atoms with Crippen molar-refractivity contribution < 1.29 is 4.79 Å². The molecule has 2 amide bonds. The molecule has 0 spiro atoms. The molecule has 1 aliphatic carbocycles. The highest BCUT2D eigenvalue weighted by atomic mass is 16.2. The SMILES string of the molecule is CCCN1CCCN(C(=O)N[C@H]2CCCc3nn(C)cc32)CC1. The Hall–Kier alpha value is -1.56. The van der Waals surface area contributed by atoms with E-state index < -0.39 is 0 Å². The first-order chi connectivity index (χ1) is 11.2. The Morgan fingerprint density at radius 1 is 1.30 bits per heavy atom. The zero-order valence-corrected chi connectivity index (χ0v) is 14.4. The first-order valence-corrected chi connectivity index (χ1v) is 8.97. The van der Waals surface area contributed by atoms with Crippen LogP contribution in [0.2, 0.25) is 0 Å². The summed E-state index contributed by atoms with van der Waals surface area (Å²) < 4.78 is 1.86. The van der Waals surface area contributed by atoms with E-state index in [0.717, 1.165) is 64.1 Å². The molecule has 1 saturated heterocycles. The van der Waals surface area contributed by atoms with Gasteiger partial charge in [-0.3, -0.25) is 4.68 Å². The molecule has 1 fully saturated rings. The lowest BCUT2D eigenvalue weighted by atomic mass is 9.93. The van der Waals surface area contributed by atoms with Crippen LogP contribution in [0.4, 0.5) is 4.79 Å². The van der Waals surface area contributed by atoms with E-state index in [2.05, 4.69) is 28.4 Å². The summed E-state index contributed by atoms with van der Waals surface area (Å²) in [6.45, 7) is 7.13. The van der Waals surface area contributed by atoms with Gasteiger partial charge < -0.3 is 15.1 Å². The van der Waals surface area contributed by atoms with Crippen molar-refractivity contribution >= 4 is 6.03 Å². The van der Waals surface area contributed by atoms with Crippen LogP contribution in [0.1, 0.15) is 49.9 Å². The molecule has 2 heterocycles. The minimum Gasteiger partial charge on any atom is -0.331 e. The summed E-state index contributed by atoms with van der Waals surface area (Å²) in [6.07, 6.45) is 7.44. The quantitative estimate of drug-likeness (QED) is 0.926. The fraction of sp³-hybridized carbons (Fsp3) is 0.765. The molecule has 0 aromatic carbocycles. The van der Waals surface area contributed by atoms with Gasteiger partial charge in [0.15, 0.2) is 0 Å². The number of amides is 2. The number of rotatable bonds is 3. The number of carbonyl (C=O) groups is 1. The fourth-order valence-corrected chi connectivity index (χ4v) is 3.77. The van der Waals surface area contributed by atoms with Gasteiger partial charge in [0.25, 0.3) is 0 Å². The molecule has 6 nitrogen and oxygen atoms in total. The number of nitrogens with zero attached hydrogens (tertiary/aromatic N) is 4. The molecule has 2 aliphatic rings. The Morgan fingerprint density at radius 3 is 3.00 bits per heavy atom. The lowest BCUT2D eigenvalue weighted by Gasteiger charge is -2.27. The van der Waals surface area contributed by atoms with Crippen LogP contribution >= 0.6 is 0 Å². The summed E-state index contributed by atoms with van der Waals surface area (Å²) >= 11 is 0. The van der Waals surface area contributed by atoms with Crippen LogP contribution in [0.3, 0.4) is 0 Å². The highest BCUT2D eigenvalue weighted by Crippen LogP contribution is 2.28. The smallest absolute Gasteiger partial charge is 0.317 e. The van der Waals surface area contributed by atoms with Crippen LogP contribution in [0.5, 0.6) is 0 Å². The third-order valence-corrected chi connectivity index (χ3v) is 4.93. The van der Waals surface area contributed by atoms with Crippen LogP contribution in [0, 0.1) is 0 Å². The van der Waals surface area contributed by atoms with E-state index in [1.807, 2.05) is 16.6 Å². The van der Waals surface area contributed by atoms with Crippen molar-refractivity contribution in [1.29, 1.82) is 0 Å². The van der Waals surface area contributed by atoms with Crippen molar-refractivity contribution in [3.8, 4) is 0 Å². The van der Waals surface area contributed by atoms with Crippen LogP contribution in [-0.2, 0) is 13.5 Å². The molecule has 1 aliphatic heterocycles. The molecular weight excluding hydrogens is 290 g/mol. The van der Waals surface area contributed by atoms with E-state index in [1.165, 1.54) is 12.0 Å². The van der Waals surface area contributed by atoms with Gasteiger partial charge >= 0.3 is 6.03 Å². The lowest BCUT2D eigenvalue weighted by Crippen LogP contribution is -2.44. The van der Waals surface area contributed by atoms with Gasteiger partial charge in [0.2, 0.25) is 0 Å². The van der Waals surface area contributed by atoms with Crippen LogP contribution in [-0.4, -0.2) is 58.3 Å². The van der Waals surface area contributed by atoms with Crippen LogP contribution in [0.25, 0.3) is 0 Å². The maximum absolute atomic E-state index is 12.7. The molecule has 0 radical (unpaired) electrons. The summed E-state index contributed by atoms with van der Waals surface area (Å²) in [5, 5.41) is 7.76. The second-order valence-corrected chi connectivity index (χ2v) is 6.78. The zero-order chi connectivity index (χ0) is 16.2. The molecule has 23 heavy (non-hydrogen) atoms. The van der Waals surface area contributed by atoms with Gasteiger partial charge in [-0.1, -0.05) is 6.92 Å². The Labute approximate surface area is 138 Å². The maximum Gasteiger partial charge on any atom is 0.317 e. The van der Waals surface area contributed by atoms with Crippen molar-refractivity contribution in [1.82, 2.24) is 24.9 Å². The lowest BCUT2D eigenvalue weighted by molar-refractivity contribution is 0.192. The number of aromatic nitrogens is 2. The molecule has 6 heteroatoms. The normalized spacial score (nSPS) is 22.5. The molecule has 0 unspecified atom stereocenters. The highest BCUT2D eigenvalue weighted by Gasteiger charge is 2.27. The number of carbonyl (C=O) groups excluding carboxylic acids is 1. The van der Waals surface area contributed by atoms with E-state index >= 15 is 0 Å². The van der Waals surface area contributed by atoms with Crippen molar-refractivity contribution in [2.24, 2.45) is 7.05 Å². The summed E-state index contributed by atoms with van der Waals surface area (Å²) in [5.41, 5.74) is 2.35. The monoisotopic (exact) mass is 319 g/mol. The van der Waals surface area contributed by atoms with Crippen molar-refractivity contribution in [3.63, 3.8) is 0 Å². The molecule has 1 aromatic heterocycles. The molecule has 1 atom stereocenters. The summed E-state index contributed by atoms with van der Waals surface area (Å²) in [5.74, 6) is 0. The summed E-state index contributed by atoms with van der Waals surface area (Å²) in [4.78, 5) is 17.1. The van der Waals surface area contributed by atoms with E-state index in [0.29, 0.717) is 0 Å². The Bertz CT molecular complexity index is 541. The third kappa shape index (κ3) is 3.86. The highest BCUT2D eigenvalue weighted by molar-refractivity contribution is 5.74. The van der Waals surface area contributed by atoms with E-state index in [4.69, 9.17) is 0 Å². The van der Waals surface area contributed by atoms with Gasteiger partial charge in [-0.25, -0.2) is 4.79 Å². The van der Waals surface area contributed by atoms with Crippen LogP contribution < -0.4 is 5.32 Å². The average Bonchev–Trinajstić information content (AvgIpc) is 2.76. The van der Waals surface area contributed by atoms with Gasteiger partial charge in [0, 0.05) is 38.4 Å². The molecule has 3 rings (SSSR count). The molecule has 0 bridgehead atoms. The number of urea groups is 1. The second kappa shape index (κ2) is 7.34. The Balaban J connectivity index is 1.59. The maximum atomic E-state index is 12.7. The molecule has 0 saturated carbocycles. The third-order valence-electron chi connectivity index (χ3n) is 4.93. The van der Waals surface area contributed by atoms with Crippen molar-refractivity contribution in [3.05, 3.63) is 17.5 Å². The number of fused-ring (bicyclic) bond motifs is 1. The number of nitrogens with one attached hydrogen (secondary N) is 1. The molecule has 128 valence electrons. The predicted molar refractivity (Wildman–Crippen MR) is 90.3 cm³/mol. The topological polar surface area (TPSA) is 53.4 Å². The number of aryl methyl sites for hydroxylation is 2. The van der Waals surface area contributed by atoms with Gasteiger partial charge in [-0.2, -0.15) is 5.10 Å². The first kappa shape index (κ1) is 16.3. The van der Waals surface area contributed by atoms with Crippen LogP contribution in [0.15, 0.2) is 6.20 Å². The second-order valence-electron chi connectivity index (χ2n) is 6.78. The number of hydrogen-bond donors (Lipinski definition) is 1. The van der Waals surface area contributed by atoms with Crippen molar-refractivity contribution in [2.45, 2.75) is 45.1 Å². The molecule has 1 N–H and O–H groups in total. The summed E-state index contributed by atoms with van der Waals surface area (Å²) in [6, 6.07) is 0.208. The van der Waals surface area contributed by atoms with Gasteiger partial charge in [0.05, 0.1) is 11.7 Å². The zero-order valence-electron chi connectivity index (χ0n) is 14.4. The Kier molecular flexibility index (Phi) is 5.20. The minimum atomic E-state index is 0.0880. The van der Waals surface area contributed by atoms with Crippen molar-refractivity contribution in [2.75, 3.05) is 32.7 Å². The van der Waals surface area contributed by atoms with E-state index in [9.17, 15) is 4.79 Å². The minimum absolute atomic E-state index is 0.0880. The summed E-state index contributed by atoms with van der Waals surface area (Å²) in [7, 11) is 1.95.